The molecule has 0 atom stereocenters. The molecule has 0 radical (unpaired) electrons. The molecule has 5 nitrogen and oxygen atoms in total. The molecule has 3 N–H and O–H groups in total. The van der Waals surface area contributed by atoms with E-state index < -0.39 is 5.91 Å². The van der Waals surface area contributed by atoms with Crippen LogP contribution in [0.5, 0.6) is 11.5 Å². The van der Waals surface area contributed by atoms with Crippen LogP contribution in [0.15, 0.2) is 18.2 Å². The fourth-order valence-corrected chi connectivity index (χ4v) is 1.59. The maximum Gasteiger partial charge on any atom is 0.255 e. The Morgan fingerprint density at radius 1 is 1.42 bits per heavy atom. The van der Waals surface area contributed by atoms with Gasteiger partial charge in [0.25, 0.3) is 5.91 Å². The molecule has 1 aromatic rings. The van der Waals surface area contributed by atoms with E-state index in [1.54, 1.807) is 13.2 Å². The number of primary amides is 1. The van der Waals surface area contributed by atoms with Crippen LogP contribution in [0.25, 0.3) is 0 Å². The number of carbonyl (C=O) groups is 1. The van der Waals surface area contributed by atoms with E-state index in [9.17, 15) is 4.79 Å². The molecule has 19 heavy (non-hydrogen) atoms. The van der Waals surface area contributed by atoms with Crippen molar-refractivity contribution in [2.75, 3.05) is 20.3 Å². The zero-order valence-corrected chi connectivity index (χ0v) is 11.7. The number of amides is 1. The molecule has 0 spiro atoms. The molecule has 0 fully saturated rings. The molecule has 0 bridgehead atoms. The molecule has 1 aromatic carbocycles. The summed E-state index contributed by atoms with van der Waals surface area (Å²) in [6.45, 7) is 5.75. The number of ether oxygens (including phenoxy) is 2. The van der Waals surface area contributed by atoms with Crippen molar-refractivity contribution in [3.05, 3.63) is 23.8 Å². The predicted octanol–water partition coefficient (Wildman–Crippen LogP) is 1.30. The standard InChI is InChI=1S/C14H22N2O3/c1-10(2)7-16-8-11-4-5-12(18-3)6-13(11)19-9-14(15)17/h4-6,10,16H,7-9H2,1-3H3,(H2,15,17). The normalized spacial score (nSPS) is 10.5. The number of hydrogen-bond donors (Lipinski definition) is 2. The van der Waals surface area contributed by atoms with Crippen LogP contribution >= 0.6 is 0 Å². The summed E-state index contributed by atoms with van der Waals surface area (Å²) in [5, 5.41) is 3.33. The van der Waals surface area contributed by atoms with Gasteiger partial charge in [-0.15, -0.1) is 0 Å². The van der Waals surface area contributed by atoms with Gasteiger partial charge in [-0.2, -0.15) is 0 Å². The molecule has 0 saturated carbocycles. The first-order valence-electron chi connectivity index (χ1n) is 6.31. The molecule has 0 saturated heterocycles. The maximum absolute atomic E-state index is 10.8. The van der Waals surface area contributed by atoms with Crippen LogP contribution in [0.1, 0.15) is 19.4 Å². The number of benzene rings is 1. The highest BCUT2D eigenvalue weighted by Crippen LogP contribution is 2.24. The number of hydrogen-bond acceptors (Lipinski definition) is 4. The smallest absolute Gasteiger partial charge is 0.255 e. The van der Waals surface area contributed by atoms with E-state index in [2.05, 4.69) is 19.2 Å². The Balaban J connectivity index is 2.73. The molecule has 0 aliphatic rings. The summed E-state index contributed by atoms with van der Waals surface area (Å²) in [5.41, 5.74) is 6.06. The molecule has 1 amide bonds. The van der Waals surface area contributed by atoms with Gasteiger partial charge in [0.05, 0.1) is 7.11 Å². The van der Waals surface area contributed by atoms with Crippen molar-refractivity contribution in [2.24, 2.45) is 11.7 Å². The van der Waals surface area contributed by atoms with Crippen LogP contribution in [0.4, 0.5) is 0 Å². The quantitative estimate of drug-likeness (QED) is 0.744. The largest absolute Gasteiger partial charge is 0.497 e. The van der Waals surface area contributed by atoms with E-state index in [1.165, 1.54) is 0 Å². The van der Waals surface area contributed by atoms with Crippen molar-refractivity contribution in [3.8, 4) is 11.5 Å². The number of carbonyl (C=O) groups excluding carboxylic acids is 1. The summed E-state index contributed by atoms with van der Waals surface area (Å²) in [6.07, 6.45) is 0. The fourth-order valence-electron chi connectivity index (χ4n) is 1.59. The van der Waals surface area contributed by atoms with Gasteiger partial charge in [-0.3, -0.25) is 4.79 Å². The lowest BCUT2D eigenvalue weighted by Crippen LogP contribution is -2.22. The molecule has 0 unspecified atom stereocenters. The Labute approximate surface area is 114 Å². The molecule has 5 heteroatoms. The second-order valence-corrected chi connectivity index (χ2v) is 4.75. The van der Waals surface area contributed by atoms with Crippen molar-refractivity contribution >= 4 is 5.91 Å². The van der Waals surface area contributed by atoms with Crippen LogP contribution in [-0.2, 0) is 11.3 Å². The summed E-state index contributed by atoms with van der Waals surface area (Å²) < 4.78 is 10.5. The molecule has 0 aliphatic carbocycles. The number of methoxy groups -OCH3 is 1. The Morgan fingerprint density at radius 2 is 2.16 bits per heavy atom. The maximum atomic E-state index is 10.8. The van der Waals surface area contributed by atoms with Crippen molar-refractivity contribution < 1.29 is 14.3 Å². The fraction of sp³-hybridized carbons (Fsp3) is 0.500. The molecular weight excluding hydrogens is 244 g/mol. The Bertz CT molecular complexity index is 419. The summed E-state index contributed by atoms with van der Waals surface area (Å²) in [6, 6.07) is 5.54. The van der Waals surface area contributed by atoms with Gasteiger partial charge < -0.3 is 20.5 Å². The van der Waals surface area contributed by atoms with Gasteiger partial charge in [-0.05, 0) is 18.5 Å². The highest BCUT2D eigenvalue weighted by Gasteiger charge is 2.07. The van der Waals surface area contributed by atoms with E-state index in [0.717, 1.165) is 12.1 Å². The first-order chi connectivity index (χ1) is 9.02. The molecule has 0 aliphatic heterocycles. The summed E-state index contributed by atoms with van der Waals surface area (Å²) in [4.78, 5) is 10.8. The van der Waals surface area contributed by atoms with Crippen molar-refractivity contribution in [3.63, 3.8) is 0 Å². The van der Waals surface area contributed by atoms with Crippen LogP contribution in [-0.4, -0.2) is 26.2 Å². The van der Waals surface area contributed by atoms with E-state index in [1.807, 2.05) is 12.1 Å². The van der Waals surface area contributed by atoms with Crippen LogP contribution in [0.2, 0.25) is 0 Å². The van der Waals surface area contributed by atoms with Crippen molar-refractivity contribution in [2.45, 2.75) is 20.4 Å². The van der Waals surface area contributed by atoms with Gasteiger partial charge in [0, 0.05) is 18.2 Å². The third-order valence-corrected chi connectivity index (χ3v) is 2.51. The zero-order chi connectivity index (χ0) is 14.3. The van der Waals surface area contributed by atoms with E-state index in [4.69, 9.17) is 15.2 Å². The topological polar surface area (TPSA) is 73.6 Å². The monoisotopic (exact) mass is 266 g/mol. The Kier molecular flexibility index (Phi) is 6.15. The van der Waals surface area contributed by atoms with E-state index in [-0.39, 0.29) is 6.61 Å². The first-order valence-corrected chi connectivity index (χ1v) is 6.31. The second kappa shape index (κ2) is 7.63. The molecule has 1 rings (SSSR count). The average molecular weight is 266 g/mol. The SMILES string of the molecule is COc1ccc(CNCC(C)C)c(OCC(N)=O)c1. The van der Waals surface area contributed by atoms with Crippen LogP contribution in [0, 0.1) is 5.92 Å². The van der Waals surface area contributed by atoms with Gasteiger partial charge in [-0.25, -0.2) is 0 Å². The molecule has 0 heterocycles. The second-order valence-electron chi connectivity index (χ2n) is 4.75. The third kappa shape index (κ3) is 5.61. The van der Waals surface area contributed by atoms with E-state index >= 15 is 0 Å². The Morgan fingerprint density at radius 3 is 2.74 bits per heavy atom. The Hall–Kier alpha value is -1.75. The first kappa shape index (κ1) is 15.3. The van der Waals surface area contributed by atoms with Gasteiger partial charge in [0.2, 0.25) is 0 Å². The van der Waals surface area contributed by atoms with Crippen molar-refractivity contribution in [1.82, 2.24) is 5.32 Å². The average Bonchev–Trinajstić information content (AvgIpc) is 2.36. The summed E-state index contributed by atoms with van der Waals surface area (Å²) >= 11 is 0. The van der Waals surface area contributed by atoms with Gasteiger partial charge >= 0.3 is 0 Å². The molecule has 0 aromatic heterocycles. The lowest BCUT2D eigenvalue weighted by atomic mass is 10.1. The lowest BCUT2D eigenvalue weighted by Gasteiger charge is -2.13. The zero-order valence-electron chi connectivity index (χ0n) is 11.7. The number of nitrogens with two attached hydrogens (primary N) is 1. The minimum Gasteiger partial charge on any atom is -0.497 e. The minimum atomic E-state index is -0.496. The van der Waals surface area contributed by atoms with Crippen LogP contribution in [0.3, 0.4) is 0 Å². The highest BCUT2D eigenvalue weighted by atomic mass is 16.5. The van der Waals surface area contributed by atoms with Gasteiger partial charge in [0.15, 0.2) is 6.61 Å². The van der Waals surface area contributed by atoms with E-state index in [0.29, 0.717) is 24.0 Å². The molecular formula is C14H22N2O3. The lowest BCUT2D eigenvalue weighted by molar-refractivity contribution is -0.119. The highest BCUT2D eigenvalue weighted by molar-refractivity contribution is 5.75. The predicted molar refractivity (Wildman–Crippen MR) is 74.2 cm³/mol. The van der Waals surface area contributed by atoms with Gasteiger partial charge in [0.1, 0.15) is 11.5 Å². The summed E-state index contributed by atoms with van der Waals surface area (Å²) in [7, 11) is 1.59. The molecule has 106 valence electrons. The summed E-state index contributed by atoms with van der Waals surface area (Å²) in [5.74, 6) is 1.39. The minimum absolute atomic E-state index is 0.135. The van der Waals surface area contributed by atoms with Crippen molar-refractivity contribution in [1.29, 1.82) is 0 Å². The third-order valence-electron chi connectivity index (χ3n) is 2.51. The van der Waals surface area contributed by atoms with Crippen LogP contribution < -0.4 is 20.5 Å². The number of rotatable bonds is 8. The number of nitrogens with one attached hydrogen (secondary N) is 1. The van der Waals surface area contributed by atoms with Gasteiger partial charge in [-0.1, -0.05) is 19.9 Å².